The summed E-state index contributed by atoms with van der Waals surface area (Å²) in [5.41, 5.74) is 5.79. The molecule has 1 amide bonds. The van der Waals surface area contributed by atoms with Crippen LogP contribution in [0.3, 0.4) is 0 Å². The second-order valence-corrected chi connectivity index (χ2v) is 4.97. The van der Waals surface area contributed by atoms with Crippen molar-refractivity contribution in [3.8, 4) is 0 Å². The van der Waals surface area contributed by atoms with Gasteiger partial charge in [-0.25, -0.2) is 5.01 Å². The highest BCUT2D eigenvalue weighted by molar-refractivity contribution is 5.76. The van der Waals surface area contributed by atoms with Crippen molar-refractivity contribution >= 4 is 5.91 Å². The zero-order chi connectivity index (χ0) is 11.5. The third-order valence-electron chi connectivity index (χ3n) is 2.90. The van der Waals surface area contributed by atoms with Crippen molar-refractivity contribution in [2.24, 2.45) is 11.1 Å². The van der Waals surface area contributed by atoms with Gasteiger partial charge in [0.1, 0.15) is 0 Å². The van der Waals surface area contributed by atoms with Gasteiger partial charge in [-0.3, -0.25) is 9.80 Å². The lowest BCUT2D eigenvalue weighted by Gasteiger charge is -2.41. The molecule has 4 nitrogen and oxygen atoms in total. The molecule has 1 fully saturated rings. The molecule has 0 saturated carbocycles. The smallest absolute Gasteiger partial charge is 0.236 e. The summed E-state index contributed by atoms with van der Waals surface area (Å²) >= 11 is 0. The van der Waals surface area contributed by atoms with E-state index in [0.29, 0.717) is 13.0 Å². The Labute approximate surface area is 92.4 Å². The molecular formula is C11H23N3O. The van der Waals surface area contributed by atoms with Crippen molar-refractivity contribution < 1.29 is 4.79 Å². The van der Waals surface area contributed by atoms with Crippen LogP contribution in [0.5, 0.6) is 0 Å². The third kappa shape index (κ3) is 3.18. The molecule has 1 heterocycles. The Hall–Kier alpha value is -0.610. The summed E-state index contributed by atoms with van der Waals surface area (Å²) in [5, 5.41) is 4.01. The summed E-state index contributed by atoms with van der Waals surface area (Å²) in [6.45, 7) is 9.55. The fourth-order valence-electron chi connectivity index (χ4n) is 1.92. The molecule has 0 aliphatic carbocycles. The SMILES string of the molecule is CCN1C(=O)CCCN1CC(C)(C)CN. The number of hydrazine groups is 1. The Morgan fingerprint density at radius 2 is 2.13 bits per heavy atom. The lowest BCUT2D eigenvalue weighted by Crippen LogP contribution is -2.54. The Bertz CT molecular complexity index is 228. The highest BCUT2D eigenvalue weighted by atomic mass is 16.2. The predicted octanol–water partition coefficient (Wildman–Crippen LogP) is 0.831. The molecule has 88 valence electrons. The van der Waals surface area contributed by atoms with Crippen LogP contribution < -0.4 is 5.73 Å². The number of hydrogen-bond donors (Lipinski definition) is 1. The van der Waals surface area contributed by atoms with Crippen LogP contribution in [0, 0.1) is 5.41 Å². The van der Waals surface area contributed by atoms with Gasteiger partial charge in [-0.05, 0) is 25.3 Å². The van der Waals surface area contributed by atoms with Crippen LogP contribution in [0.15, 0.2) is 0 Å². The Kier molecular flexibility index (Phi) is 4.11. The Balaban J connectivity index is 2.62. The molecular weight excluding hydrogens is 190 g/mol. The van der Waals surface area contributed by atoms with E-state index in [0.717, 1.165) is 26.1 Å². The number of nitrogens with zero attached hydrogens (tertiary/aromatic N) is 2. The van der Waals surface area contributed by atoms with Crippen LogP contribution in [-0.4, -0.2) is 42.1 Å². The second kappa shape index (κ2) is 4.94. The Morgan fingerprint density at radius 3 is 2.67 bits per heavy atom. The average molecular weight is 213 g/mol. The molecule has 4 heteroatoms. The monoisotopic (exact) mass is 213 g/mol. The molecule has 1 rings (SSSR count). The van der Waals surface area contributed by atoms with Gasteiger partial charge in [0.05, 0.1) is 0 Å². The van der Waals surface area contributed by atoms with Crippen LogP contribution in [0.1, 0.15) is 33.6 Å². The predicted molar refractivity (Wildman–Crippen MR) is 61.0 cm³/mol. The molecule has 0 aromatic rings. The minimum Gasteiger partial charge on any atom is -0.330 e. The van der Waals surface area contributed by atoms with Gasteiger partial charge in [0.15, 0.2) is 0 Å². The van der Waals surface area contributed by atoms with Crippen LogP contribution in [-0.2, 0) is 4.79 Å². The Morgan fingerprint density at radius 1 is 1.47 bits per heavy atom. The van der Waals surface area contributed by atoms with E-state index in [1.54, 1.807) is 0 Å². The summed E-state index contributed by atoms with van der Waals surface area (Å²) in [6, 6.07) is 0. The molecule has 0 bridgehead atoms. The first-order chi connectivity index (χ1) is 7.00. The number of rotatable bonds is 4. The summed E-state index contributed by atoms with van der Waals surface area (Å²) in [4.78, 5) is 11.7. The van der Waals surface area contributed by atoms with Crippen molar-refractivity contribution in [3.63, 3.8) is 0 Å². The maximum atomic E-state index is 11.7. The second-order valence-electron chi connectivity index (χ2n) is 4.97. The van der Waals surface area contributed by atoms with Gasteiger partial charge in [-0.15, -0.1) is 0 Å². The van der Waals surface area contributed by atoms with E-state index in [1.807, 2.05) is 11.9 Å². The molecule has 0 unspecified atom stereocenters. The van der Waals surface area contributed by atoms with Crippen molar-refractivity contribution in [3.05, 3.63) is 0 Å². The summed E-state index contributed by atoms with van der Waals surface area (Å²) < 4.78 is 0. The number of hydrogen-bond acceptors (Lipinski definition) is 3. The van der Waals surface area contributed by atoms with Gasteiger partial charge in [-0.1, -0.05) is 13.8 Å². The molecule has 15 heavy (non-hydrogen) atoms. The molecule has 0 radical (unpaired) electrons. The van der Waals surface area contributed by atoms with E-state index in [-0.39, 0.29) is 11.3 Å². The first kappa shape index (κ1) is 12.5. The van der Waals surface area contributed by atoms with E-state index in [2.05, 4.69) is 18.9 Å². The first-order valence-corrected chi connectivity index (χ1v) is 5.75. The zero-order valence-electron chi connectivity index (χ0n) is 10.1. The van der Waals surface area contributed by atoms with Gasteiger partial charge in [0, 0.05) is 26.1 Å². The highest BCUT2D eigenvalue weighted by Gasteiger charge is 2.29. The molecule has 0 aromatic carbocycles. The van der Waals surface area contributed by atoms with Gasteiger partial charge in [0.25, 0.3) is 0 Å². The minimum absolute atomic E-state index is 0.0744. The summed E-state index contributed by atoms with van der Waals surface area (Å²) in [5.74, 6) is 0.247. The average Bonchev–Trinajstić information content (AvgIpc) is 2.18. The van der Waals surface area contributed by atoms with E-state index < -0.39 is 0 Å². The minimum atomic E-state index is 0.0744. The van der Waals surface area contributed by atoms with E-state index in [9.17, 15) is 4.79 Å². The van der Waals surface area contributed by atoms with Crippen LogP contribution >= 0.6 is 0 Å². The molecule has 1 saturated heterocycles. The number of carbonyl (C=O) groups excluding carboxylic acids is 1. The topological polar surface area (TPSA) is 49.6 Å². The highest BCUT2D eigenvalue weighted by Crippen LogP contribution is 2.20. The largest absolute Gasteiger partial charge is 0.330 e. The first-order valence-electron chi connectivity index (χ1n) is 5.75. The number of nitrogens with two attached hydrogens (primary N) is 1. The quantitative estimate of drug-likeness (QED) is 0.752. The van der Waals surface area contributed by atoms with E-state index in [4.69, 9.17) is 5.73 Å². The fourth-order valence-corrected chi connectivity index (χ4v) is 1.92. The van der Waals surface area contributed by atoms with E-state index in [1.165, 1.54) is 0 Å². The third-order valence-corrected chi connectivity index (χ3v) is 2.90. The lowest BCUT2D eigenvalue weighted by molar-refractivity contribution is -0.157. The fraction of sp³-hybridized carbons (Fsp3) is 0.909. The lowest BCUT2D eigenvalue weighted by atomic mass is 9.93. The molecule has 1 aliphatic rings. The van der Waals surface area contributed by atoms with Crippen LogP contribution in [0.25, 0.3) is 0 Å². The van der Waals surface area contributed by atoms with Crippen LogP contribution in [0.4, 0.5) is 0 Å². The summed E-state index contributed by atoms with van der Waals surface area (Å²) in [6.07, 6.45) is 1.66. The van der Waals surface area contributed by atoms with Gasteiger partial charge >= 0.3 is 0 Å². The van der Waals surface area contributed by atoms with Crippen LogP contribution in [0.2, 0.25) is 0 Å². The van der Waals surface area contributed by atoms with Crippen molar-refractivity contribution in [1.29, 1.82) is 0 Å². The maximum Gasteiger partial charge on any atom is 0.236 e. The summed E-state index contributed by atoms with van der Waals surface area (Å²) in [7, 11) is 0. The normalized spacial score (nSPS) is 19.7. The standard InChI is InChI=1S/C11H23N3O/c1-4-14-10(15)6-5-7-13(14)9-11(2,3)8-12/h4-9,12H2,1-3H3. The molecule has 0 atom stereocenters. The molecule has 0 spiro atoms. The number of carbonyl (C=O) groups is 1. The number of amides is 1. The molecule has 2 N–H and O–H groups in total. The maximum absolute atomic E-state index is 11.7. The van der Waals surface area contributed by atoms with E-state index >= 15 is 0 Å². The molecule has 1 aliphatic heterocycles. The van der Waals surface area contributed by atoms with Gasteiger partial charge in [0.2, 0.25) is 5.91 Å². The van der Waals surface area contributed by atoms with Crippen molar-refractivity contribution in [1.82, 2.24) is 10.0 Å². The van der Waals surface area contributed by atoms with Gasteiger partial charge in [-0.2, -0.15) is 0 Å². The van der Waals surface area contributed by atoms with Gasteiger partial charge < -0.3 is 5.73 Å². The zero-order valence-corrected chi connectivity index (χ0v) is 10.1. The molecule has 0 aromatic heterocycles. The van der Waals surface area contributed by atoms with Crippen molar-refractivity contribution in [2.75, 3.05) is 26.2 Å². The van der Waals surface area contributed by atoms with Crippen molar-refractivity contribution in [2.45, 2.75) is 33.6 Å².